The van der Waals surface area contributed by atoms with Gasteiger partial charge in [0.15, 0.2) is 0 Å². The van der Waals surface area contributed by atoms with Crippen molar-refractivity contribution in [3.05, 3.63) is 35.4 Å². The van der Waals surface area contributed by atoms with E-state index in [9.17, 15) is 0 Å². The summed E-state index contributed by atoms with van der Waals surface area (Å²) >= 11 is 6.00. The molecular weight excluding hydrogens is 210 g/mol. The van der Waals surface area contributed by atoms with Crippen molar-refractivity contribution in [1.82, 2.24) is 0 Å². The first-order valence-corrected chi connectivity index (χ1v) is 5.06. The van der Waals surface area contributed by atoms with Gasteiger partial charge in [-0.2, -0.15) is 5.26 Å². The molecule has 3 heteroatoms. The van der Waals surface area contributed by atoms with Crippen molar-refractivity contribution >= 4 is 16.6 Å². The first-order chi connectivity index (χ1) is 7.19. The lowest BCUT2D eigenvalue weighted by Crippen LogP contribution is -1.91. The third-order valence-corrected chi connectivity index (χ3v) is 2.42. The molecule has 0 aliphatic heterocycles. The van der Waals surface area contributed by atoms with E-state index in [4.69, 9.17) is 21.6 Å². The lowest BCUT2D eigenvalue weighted by Gasteiger charge is -2.04. The predicted octanol–water partition coefficient (Wildman–Crippen LogP) is 3.58. The van der Waals surface area contributed by atoms with Gasteiger partial charge in [-0.25, -0.2) is 0 Å². The van der Waals surface area contributed by atoms with Crippen LogP contribution in [0.3, 0.4) is 0 Å². The molecule has 0 atom stereocenters. The van der Waals surface area contributed by atoms with Gasteiger partial charge < -0.3 is 4.74 Å². The van der Waals surface area contributed by atoms with Crippen molar-refractivity contribution in [3.63, 3.8) is 0 Å². The molecule has 15 heavy (non-hydrogen) atoms. The van der Waals surface area contributed by atoms with Crippen LogP contribution in [-0.4, -0.2) is 6.61 Å². The molecule has 1 rings (SSSR count). The Morgan fingerprint density at radius 1 is 1.40 bits per heavy atom. The Morgan fingerprint density at radius 3 is 2.47 bits per heavy atom. The Hall–Kier alpha value is -1.46. The maximum absolute atomic E-state index is 8.69. The second kappa shape index (κ2) is 5.43. The summed E-state index contributed by atoms with van der Waals surface area (Å²) in [6.07, 6.45) is 0. The number of allylic oxidation sites excluding steroid dienone is 1. The highest BCUT2D eigenvalue weighted by Gasteiger charge is 2.02. The Bertz CT molecular complexity index is 401. The smallest absolute Gasteiger partial charge is 0.119 e. The zero-order chi connectivity index (χ0) is 11.3. The largest absolute Gasteiger partial charge is 0.494 e. The van der Waals surface area contributed by atoms with Gasteiger partial charge in [-0.05, 0) is 43.7 Å². The van der Waals surface area contributed by atoms with Gasteiger partial charge >= 0.3 is 0 Å². The van der Waals surface area contributed by atoms with E-state index in [1.165, 1.54) is 0 Å². The molecular formula is C12H12ClNO. The topological polar surface area (TPSA) is 33.0 Å². The summed E-state index contributed by atoms with van der Waals surface area (Å²) in [4.78, 5) is 0. The molecule has 0 aliphatic rings. The Balaban J connectivity index is 2.95. The summed E-state index contributed by atoms with van der Waals surface area (Å²) in [6.45, 7) is 4.26. The Kier molecular flexibility index (Phi) is 4.20. The van der Waals surface area contributed by atoms with Gasteiger partial charge in [0.1, 0.15) is 5.75 Å². The van der Waals surface area contributed by atoms with E-state index in [1.807, 2.05) is 37.3 Å². The molecule has 0 saturated carbocycles. The minimum Gasteiger partial charge on any atom is -0.494 e. The van der Waals surface area contributed by atoms with Crippen molar-refractivity contribution in [3.8, 4) is 11.8 Å². The van der Waals surface area contributed by atoms with Crippen LogP contribution in [0.5, 0.6) is 5.75 Å². The average molecular weight is 222 g/mol. The first-order valence-electron chi connectivity index (χ1n) is 4.68. The van der Waals surface area contributed by atoms with Gasteiger partial charge in [-0.15, -0.1) is 0 Å². The predicted molar refractivity (Wildman–Crippen MR) is 61.7 cm³/mol. The lowest BCUT2D eigenvalue weighted by atomic mass is 10.1. The maximum Gasteiger partial charge on any atom is 0.119 e. The van der Waals surface area contributed by atoms with Crippen LogP contribution < -0.4 is 4.74 Å². The monoisotopic (exact) mass is 221 g/mol. The molecule has 0 heterocycles. The maximum atomic E-state index is 8.69. The molecule has 2 nitrogen and oxygen atoms in total. The molecule has 0 aromatic heterocycles. The lowest BCUT2D eigenvalue weighted by molar-refractivity contribution is 0.340. The van der Waals surface area contributed by atoms with Crippen LogP contribution in [0.25, 0.3) is 5.03 Å². The molecule has 78 valence electrons. The third-order valence-electron chi connectivity index (χ3n) is 1.92. The summed E-state index contributed by atoms with van der Waals surface area (Å²) in [5.41, 5.74) is 1.35. The fourth-order valence-electron chi connectivity index (χ4n) is 1.13. The fraction of sp³-hybridized carbons (Fsp3) is 0.250. The van der Waals surface area contributed by atoms with Crippen LogP contribution in [0.15, 0.2) is 29.8 Å². The zero-order valence-electron chi connectivity index (χ0n) is 8.75. The van der Waals surface area contributed by atoms with Crippen molar-refractivity contribution in [2.45, 2.75) is 13.8 Å². The van der Waals surface area contributed by atoms with Crippen molar-refractivity contribution in [2.75, 3.05) is 6.61 Å². The van der Waals surface area contributed by atoms with E-state index in [0.29, 0.717) is 17.2 Å². The molecule has 0 saturated heterocycles. The van der Waals surface area contributed by atoms with Gasteiger partial charge in [0.25, 0.3) is 0 Å². The van der Waals surface area contributed by atoms with Crippen LogP contribution in [0.4, 0.5) is 0 Å². The van der Waals surface area contributed by atoms with Crippen LogP contribution in [0, 0.1) is 11.3 Å². The van der Waals surface area contributed by atoms with Gasteiger partial charge in [0.05, 0.1) is 17.7 Å². The van der Waals surface area contributed by atoms with Crippen molar-refractivity contribution in [1.29, 1.82) is 5.26 Å². The second-order valence-electron chi connectivity index (χ2n) is 3.01. The van der Waals surface area contributed by atoms with Crippen molar-refractivity contribution < 1.29 is 4.74 Å². The minimum atomic E-state index is 0.487. The molecule has 1 aromatic rings. The van der Waals surface area contributed by atoms with Crippen LogP contribution >= 0.6 is 11.6 Å². The van der Waals surface area contributed by atoms with E-state index in [2.05, 4.69) is 0 Å². The Morgan fingerprint density at radius 2 is 2.00 bits per heavy atom. The molecule has 0 spiro atoms. The van der Waals surface area contributed by atoms with Crippen LogP contribution in [0.2, 0.25) is 0 Å². The Labute approximate surface area is 94.7 Å². The number of nitriles is 1. The first kappa shape index (κ1) is 11.6. The average Bonchev–Trinajstić information content (AvgIpc) is 2.28. The number of nitrogens with zero attached hydrogens (tertiary/aromatic N) is 1. The third kappa shape index (κ3) is 3.00. The highest BCUT2D eigenvalue weighted by Crippen LogP contribution is 2.24. The number of hydrogen-bond acceptors (Lipinski definition) is 2. The normalized spacial score (nSPS) is 11.6. The highest BCUT2D eigenvalue weighted by molar-refractivity contribution is 6.49. The summed E-state index contributed by atoms with van der Waals surface area (Å²) < 4.78 is 5.30. The molecule has 0 bridgehead atoms. The second-order valence-corrected chi connectivity index (χ2v) is 3.39. The molecule has 0 radical (unpaired) electrons. The molecule has 0 fully saturated rings. The standard InChI is InChI=1S/C12H12ClNO/c1-3-15-11-6-4-10(5-7-11)12(13)9(2)8-14/h4-7H,3H2,1-2H3. The molecule has 0 N–H and O–H groups in total. The van der Waals surface area contributed by atoms with E-state index in [0.717, 1.165) is 11.3 Å². The van der Waals surface area contributed by atoms with Gasteiger partial charge in [-0.1, -0.05) is 11.6 Å². The molecule has 1 aromatic carbocycles. The molecule has 0 aliphatic carbocycles. The summed E-state index contributed by atoms with van der Waals surface area (Å²) in [5, 5.41) is 9.17. The van der Waals surface area contributed by atoms with Crippen LogP contribution in [-0.2, 0) is 0 Å². The SMILES string of the molecule is CCOc1ccc(C(Cl)=C(C)C#N)cc1. The van der Waals surface area contributed by atoms with Gasteiger partial charge in [0.2, 0.25) is 0 Å². The quantitative estimate of drug-likeness (QED) is 0.731. The molecule has 0 unspecified atom stereocenters. The van der Waals surface area contributed by atoms with E-state index in [1.54, 1.807) is 6.92 Å². The molecule has 0 amide bonds. The zero-order valence-corrected chi connectivity index (χ0v) is 9.51. The van der Waals surface area contributed by atoms with E-state index in [-0.39, 0.29) is 0 Å². The summed E-state index contributed by atoms with van der Waals surface area (Å²) in [7, 11) is 0. The minimum absolute atomic E-state index is 0.487. The van der Waals surface area contributed by atoms with E-state index < -0.39 is 0 Å². The highest BCUT2D eigenvalue weighted by atomic mass is 35.5. The van der Waals surface area contributed by atoms with Gasteiger partial charge in [-0.3, -0.25) is 0 Å². The van der Waals surface area contributed by atoms with Crippen LogP contribution in [0.1, 0.15) is 19.4 Å². The van der Waals surface area contributed by atoms with Crippen molar-refractivity contribution in [2.24, 2.45) is 0 Å². The fourth-order valence-corrected chi connectivity index (χ4v) is 1.30. The number of benzene rings is 1. The number of hydrogen-bond donors (Lipinski definition) is 0. The summed E-state index contributed by atoms with van der Waals surface area (Å²) in [6, 6.07) is 9.38. The number of ether oxygens (including phenoxy) is 1. The summed E-state index contributed by atoms with van der Waals surface area (Å²) in [5.74, 6) is 0.806. The van der Waals surface area contributed by atoms with Gasteiger partial charge in [0, 0.05) is 5.57 Å². The number of halogens is 1. The number of rotatable bonds is 3. The van der Waals surface area contributed by atoms with E-state index >= 15 is 0 Å².